The molecule has 0 aliphatic heterocycles. The molecule has 0 aliphatic rings. The molecular formula is C22H28Cl2N2O3S2. The second-order valence-corrected chi connectivity index (χ2v) is 11.1. The molecule has 0 unspecified atom stereocenters. The van der Waals surface area contributed by atoms with Crippen LogP contribution in [0, 0.1) is 13.8 Å². The Kier molecular flexibility index (Phi) is 9.55. The molecule has 0 aromatic heterocycles. The number of aryl methyl sites for hydroxylation is 2. The van der Waals surface area contributed by atoms with Crippen LogP contribution in [0.5, 0.6) is 0 Å². The first kappa shape index (κ1) is 25.8. The molecule has 2 aromatic rings. The lowest BCUT2D eigenvalue weighted by Crippen LogP contribution is -2.49. The minimum Gasteiger partial charge on any atom is -0.353 e. The van der Waals surface area contributed by atoms with E-state index in [-0.39, 0.29) is 5.91 Å². The van der Waals surface area contributed by atoms with Gasteiger partial charge in [-0.2, -0.15) is 11.8 Å². The minimum atomic E-state index is -3.65. The van der Waals surface area contributed by atoms with E-state index in [1.54, 1.807) is 49.0 Å². The molecule has 2 rings (SSSR count). The average molecular weight is 504 g/mol. The Morgan fingerprint density at radius 1 is 1.13 bits per heavy atom. The molecule has 170 valence electrons. The third-order valence-corrected chi connectivity index (χ3v) is 7.80. The molecule has 0 fully saturated rings. The van der Waals surface area contributed by atoms with Crippen LogP contribution in [0.1, 0.15) is 30.0 Å². The lowest BCUT2D eigenvalue weighted by Gasteiger charge is -2.30. The standard InChI is InChI=1S/C22H28Cl2N2O3S2/c1-5-21(26(31(4,28)29)17-10-9-15(2)16(3)13-17)22(27)25-11-12-30-14-18-19(23)7-6-8-20(18)24/h6-10,13,21H,5,11-12,14H2,1-4H3,(H,25,27)/t21-/m0/s1. The summed E-state index contributed by atoms with van der Waals surface area (Å²) >= 11 is 14.0. The van der Waals surface area contributed by atoms with Crippen LogP contribution in [-0.2, 0) is 20.6 Å². The first-order valence-electron chi connectivity index (χ1n) is 9.91. The number of hydrogen-bond donors (Lipinski definition) is 1. The van der Waals surface area contributed by atoms with Gasteiger partial charge in [-0.3, -0.25) is 9.10 Å². The summed E-state index contributed by atoms with van der Waals surface area (Å²) in [6.07, 6.45) is 1.48. The zero-order chi connectivity index (χ0) is 23.2. The second kappa shape index (κ2) is 11.5. The quantitative estimate of drug-likeness (QED) is 0.453. The molecule has 5 nitrogen and oxygen atoms in total. The van der Waals surface area contributed by atoms with Gasteiger partial charge in [0.1, 0.15) is 6.04 Å². The summed E-state index contributed by atoms with van der Waals surface area (Å²) < 4.78 is 26.3. The highest BCUT2D eigenvalue weighted by Gasteiger charge is 2.31. The van der Waals surface area contributed by atoms with E-state index in [0.29, 0.717) is 40.2 Å². The average Bonchev–Trinajstić information content (AvgIpc) is 2.69. The second-order valence-electron chi connectivity index (χ2n) is 7.30. The van der Waals surface area contributed by atoms with Crippen LogP contribution >= 0.6 is 35.0 Å². The molecule has 31 heavy (non-hydrogen) atoms. The Morgan fingerprint density at radius 3 is 2.32 bits per heavy atom. The van der Waals surface area contributed by atoms with Gasteiger partial charge < -0.3 is 5.32 Å². The Hall–Kier alpha value is -1.41. The van der Waals surface area contributed by atoms with Crippen molar-refractivity contribution in [2.75, 3.05) is 22.9 Å². The summed E-state index contributed by atoms with van der Waals surface area (Å²) in [5.74, 6) is 0.957. The van der Waals surface area contributed by atoms with Gasteiger partial charge in [-0.05, 0) is 61.2 Å². The summed E-state index contributed by atoms with van der Waals surface area (Å²) in [6, 6.07) is 9.97. The summed E-state index contributed by atoms with van der Waals surface area (Å²) in [6.45, 7) is 6.09. The normalized spacial score (nSPS) is 12.5. The number of thioether (sulfide) groups is 1. The maximum absolute atomic E-state index is 12.9. The van der Waals surface area contributed by atoms with E-state index in [9.17, 15) is 13.2 Å². The number of anilines is 1. The lowest BCUT2D eigenvalue weighted by atomic mass is 10.1. The van der Waals surface area contributed by atoms with Gasteiger partial charge in [0.05, 0.1) is 11.9 Å². The van der Waals surface area contributed by atoms with Crippen LogP contribution in [0.15, 0.2) is 36.4 Å². The van der Waals surface area contributed by atoms with Crippen molar-refractivity contribution >= 4 is 56.6 Å². The molecule has 0 saturated carbocycles. The number of carbonyl (C=O) groups is 1. The van der Waals surface area contributed by atoms with E-state index >= 15 is 0 Å². The summed E-state index contributed by atoms with van der Waals surface area (Å²) in [5, 5.41) is 4.10. The smallest absolute Gasteiger partial charge is 0.243 e. The SMILES string of the molecule is CC[C@@H](C(=O)NCCSCc1c(Cl)cccc1Cl)N(c1ccc(C)c(C)c1)S(C)(=O)=O. The van der Waals surface area contributed by atoms with Gasteiger partial charge in [-0.25, -0.2) is 8.42 Å². The summed E-state index contributed by atoms with van der Waals surface area (Å²) in [7, 11) is -3.65. The van der Waals surface area contributed by atoms with Crippen molar-refractivity contribution in [1.82, 2.24) is 5.32 Å². The largest absolute Gasteiger partial charge is 0.353 e. The van der Waals surface area contributed by atoms with Crippen LogP contribution in [0.3, 0.4) is 0 Å². The van der Waals surface area contributed by atoms with E-state index < -0.39 is 16.1 Å². The molecule has 1 amide bonds. The lowest BCUT2D eigenvalue weighted by molar-refractivity contribution is -0.122. The van der Waals surface area contributed by atoms with Crippen molar-refractivity contribution < 1.29 is 13.2 Å². The van der Waals surface area contributed by atoms with Crippen LogP contribution in [-0.4, -0.2) is 38.9 Å². The van der Waals surface area contributed by atoms with Crippen LogP contribution in [0.2, 0.25) is 10.0 Å². The Balaban J connectivity index is 2.02. The van der Waals surface area contributed by atoms with Gasteiger partial charge in [0.2, 0.25) is 15.9 Å². The molecular weight excluding hydrogens is 475 g/mol. The number of sulfonamides is 1. The zero-order valence-corrected chi connectivity index (χ0v) is 21.3. The predicted molar refractivity (Wildman–Crippen MR) is 133 cm³/mol. The Bertz CT molecular complexity index is 1010. The van der Waals surface area contributed by atoms with Gasteiger partial charge in [0, 0.05) is 28.1 Å². The van der Waals surface area contributed by atoms with E-state index in [1.165, 1.54) is 4.31 Å². The highest BCUT2D eigenvalue weighted by atomic mass is 35.5. The van der Waals surface area contributed by atoms with Crippen LogP contribution < -0.4 is 9.62 Å². The van der Waals surface area contributed by atoms with Crippen molar-refractivity contribution in [2.24, 2.45) is 0 Å². The molecule has 0 saturated heterocycles. The first-order chi connectivity index (χ1) is 14.6. The van der Waals surface area contributed by atoms with Crippen LogP contribution in [0.25, 0.3) is 0 Å². The summed E-state index contributed by atoms with van der Waals surface area (Å²) in [4.78, 5) is 12.9. The molecule has 9 heteroatoms. The van der Waals surface area contributed by atoms with E-state index in [0.717, 1.165) is 22.9 Å². The number of carbonyl (C=O) groups excluding carboxylic acids is 1. The molecule has 0 bridgehead atoms. The third-order valence-electron chi connectivity index (χ3n) is 4.93. The van der Waals surface area contributed by atoms with Crippen molar-refractivity contribution in [3.63, 3.8) is 0 Å². The number of rotatable bonds is 10. The van der Waals surface area contributed by atoms with Gasteiger partial charge >= 0.3 is 0 Å². The molecule has 1 N–H and O–H groups in total. The van der Waals surface area contributed by atoms with Crippen molar-refractivity contribution in [1.29, 1.82) is 0 Å². The monoisotopic (exact) mass is 502 g/mol. The highest BCUT2D eigenvalue weighted by molar-refractivity contribution is 7.98. The zero-order valence-electron chi connectivity index (χ0n) is 18.1. The highest BCUT2D eigenvalue weighted by Crippen LogP contribution is 2.28. The fourth-order valence-electron chi connectivity index (χ4n) is 3.13. The Morgan fingerprint density at radius 2 is 1.77 bits per heavy atom. The minimum absolute atomic E-state index is 0.317. The predicted octanol–water partition coefficient (Wildman–Crippen LogP) is 5.20. The maximum Gasteiger partial charge on any atom is 0.243 e. The summed E-state index contributed by atoms with van der Waals surface area (Å²) in [5.41, 5.74) is 3.39. The van der Waals surface area contributed by atoms with Crippen molar-refractivity contribution in [3.05, 3.63) is 63.1 Å². The fourth-order valence-corrected chi connectivity index (χ4v) is 5.93. The number of benzene rings is 2. The van der Waals surface area contributed by atoms with Crippen LogP contribution in [0.4, 0.5) is 5.69 Å². The number of halogens is 2. The van der Waals surface area contributed by atoms with E-state index in [2.05, 4.69) is 5.32 Å². The van der Waals surface area contributed by atoms with Gasteiger partial charge in [-0.15, -0.1) is 0 Å². The molecule has 2 aromatic carbocycles. The maximum atomic E-state index is 12.9. The van der Waals surface area contributed by atoms with Gasteiger partial charge in [-0.1, -0.05) is 42.3 Å². The number of amides is 1. The molecule has 0 spiro atoms. The fraction of sp³-hybridized carbons (Fsp3) is 0.409. The molecule has 1 atom stereocenters. The van der Waals surface area contributed by atoms with E-state index in [1.807, 2.05) is 19.9 Å². The number of nitrogens with zero attached hydrogens (tertiary/aromatic N) is 1. The molecule has 0 radical (unpaired) electrons. The molecule has 0 heterocycles. The van der Waals surface area contributed by atoms with Gasteiger partial charge in [0.15, 0.2) is 0 Å². The Labute approximate surface area is 199 Å². The van der Waals surface area contributed by atoms with E-state index in [4.69, 9.17) is 23.2 Å². The van der Waals surface area contributed by atoms with Crippen molar-refractivity contribution in [3.8, 4) is 0 Å². The first-order valence-corrected chi connectivity index (χ1v) is 13.7. The molecule has 0 aliphatic carbocycles. The number of hydrogen-bond acceptors (Lipinski definition) is 4. The van der Waals surface area contributed by atoms with Crippen molar-refractivity contribution in [2.45, 2.75) is 39.0 Å². The topological polar surface area (TPSA) is 66.5 Å². The third kappa shape index (κ3) is 7.04. The number of nitrogens with one attached hydrogen (secondary N) is 1. The van der Waals surface area contributed by atoms with Gasteiger partial charge in [0.25, 0.3) is 0 Å².